The largest absolute Gasteiger partial charge is 0.325 e. The Labute approximate surface area is 188 Å². The minimum absolute atomic E-state index is 0.0141. The summed E-state index contributed by atoms with van der Waals surface area (Å²) in [6.07, 6.45) is 6.00. The van der Waals surface area contributed by atoms with E-state index in [1.807, 2.05) is 6.92 Å². The number of hydrogen-bond acceptors (Lipinski definition) is 6. The van der Waals surface area contributed by atoms with E-state index < -0.39 is 24.0 Å². The molecule has 0 radical (unpaired) electrons. The molecule has 2 fully saturated rings. The van der Waals surface area contributed by atoms with E-state index >= 15 is 0 Å². The maximum atomic E-state index is 13.1. The van der Waals surface area contributed by atoms with Crippen LogP contribution in [0.3, 0.4) is 0 Å². The molecule has 1 aromatic carbocycles. The van der Waals surface area contributed by atoms with Crippen molar-refractivity contribution in [2.24, 2.45) is 5.92 Å². The number of nitrogens with one attached hydrogen (secondary N) is 3. The van der Waals surface area contributed by atoms with Crippen LogP contribution >= 0.6 is 0 Å². The van der Waals surface area contributed by atoms with Gasteiger partial charge in [-0.25, -0.2) is 14.5 Å². The monoisotopic (exact) mass is 449 g/mol. The van der Waals surface area contributed by atoms with Crippen LogP contribution in [0.5, 0.6) is 0 Å². The molecule has 0 bridgehead atoms. The van der Waals surface area contributed by atoms with Gasteiger partial charge in [0.2, 0.25) is 5.91 Å². The SMILES string of the molecule is CC1CCCCC12NC(=O)N(CC(=O)Nc1ccccc1-n1ncc3c(=O)[nH]cnc31)C2=O. The highest BCUT2D eigenvalue weighted by atomic mass is 16.2. The topological polar surface area (TPSA) is 142 Å². The number of amides is 4. The molecule has 2 unspecified atom stereocenters. The standard InChI is InChI=1S/C22H23N7O4/c1-13-6-4-5-9-22(13)20(32)28(21(33)27-22)11-17(30)26-15-7-2-3-8-16(15)29-18-14(10-25-29)19(31)24-12-23-18/h2-3,7-8,10,12-13H,4-6,9,11H2,1H3,(H,26,30)(H,27,33)(H,23,24,31). The highest BCUT2D eigenvalue weighted by Gasteiger charge is 2.55. The van der Waals surface area contributed by atoms with Crippen molar-refractivity contribution >= 4 is 34.6 Å². The summed E-state index contributed by atoms with van der Waals surface area (Å²) in [7, 11) is 0. The fraction of sp³-hybridized carbons (Fsp3) is 0.364. The number of carbonyl (C=O) groups is 3. The third-order valence-electron chi connectivity index (χ3n) is 6.58. The van der Waals surface area contributed by atoms with Gasteiger partial charge in [0.05, 0.1) is 23.9 Å². The van der Waals surface area contributed by atoms with Crippen LogP contribution in [0.1, 0.15) is 32.6 Å². The summed E-state index contributed by atoms with van der Waals surface area (Å²) >= 11 is 0. The quantitative estimate of drug-likeness (QED) is 0.516. The summed E-state index contributed by atoms with van der Waals surface area (Å²) in [4.78, 5) is 58.2. The van der Waals surface area contributed by atoms with Crippen LogP contribution in [0.15, 0.2) is 41.6 Å². The van der Waals surface area contributed by atoms with Crippen molar-refractivity contribution in [2.75, 3.05) is 11.9 Å². The molecule has 11 nitrogen and oxygen atoms in total. The summed E-state index contributed by atoms with van der Waals surface area (Å²) in [5.74, 6) is -0.849. The molecular weight excluding hydrogens is 426 g/mol. The normalized spacial score (nSPS) is 22.7. The number of aromatic nitrogens is 4. The molecule has 170 valence electrons. The van der Waals surface area contributed by atoms with Crippen molar-refractivity contribution < 1.29 is 14.4 Å². The Morgan fingerprint density at radius 2 is 2.06 bits per heavy atom. The lowest BCUT2D eigenvalue weighted by Gasteiger charge is -2.36. The molecule has 1 saturated heterocycles. The highest BCUT2D eigenvalue weighted by Crippen LogP contribution is 2.38. The van der Waals surface area contributed by atoms with E-state index in [1.54, 1.807) is 24.3 Å². The minimum Gasteiger partial charge on any atom is -0.323 e. The third-order valence-corrected chi connectivity index (χ3v) is 6.58. The smallest absolute Gasteiger partial charge is 0.323 e. The second-order valence-corrected chi connectivity index (χ2v) is 8.53. The van der Waals surface area contributed by atoms with Gasteiger partial charge in [-0.3, -0.25) is 19.3 Å². The van der Waals surface area contributed by atoms with Crippen LogP contribution in [0.4, 0.5) is 10.5 Å². The van der Waals surface area contributed by atoms with Crippen molar-refractivity contribution in [3.05, 3.63) is 47.1 Å². The van der Waals surface area contributed by atoms with Gasteiger partial charge in [0.15, 0.2) is 5.65 Å². The van der Waals surface area contributed by atoms with E-state index in [1.165, 1.54) is 17.2 Å². The molecule has 33 heavy (non-hydrogen) atoms. The van der Waals surface area contributed by atoms with Crippen LogP contribution in [-0.4, -0.2) is 54.6 Å². The zero-order valence-corrected chi connectivity index (χ0v) is 18.0. The first-order valence-corrected chi connectivity index (χ1v) is 10.9. The molecule has 2 aliphatic rings. The zero-order chi connectivity index (χ0) is 23.2. The first kappa shape index (κ1) is 20.9. The van der Waals surface area contributed by atoms with Crippen LogP contribution < -0.4 is 16.2 Å². The van der Waals surface area contributed by atoms with Crippen molar-refractivity contribution in [2.45, 2.75) is 38.1 Å². The number of hydrogen-bond donors (Lipinski definition) is 3. The molecular formula is C22H23N7O4. The number of urea groups is 1. The summed E-state index contributed by atoms with van der Waals surface area (Å²) in [5.41, 5.74) is -0.00360. The number of anilines is 1. The second kappa shape index (κ2) is 7.84. The molecule has 2 aromatic heterocycles. The van der Waals surface area contributed by atoms with E-state index in [9.17, 15) is 19.2 Å². The summed E-state index contributed by atoms with van der Waals surface area (Å²) in [6, 6.07) is 6.34. The number of benzene rings is 1. The van der Waals surface area contributed by atoms with Gasteiger partial charge in [0.1, 0.15) is 17.5 Å². The summed E-state index contributed by atoms with van der Waals surface area (Å²) < 4.78 is 1.45. The maximum absolute atomic E-state index is 13.1. The number of H-pyrrole nitrogens is 1. The Hall–Kier alpha value is -4.02. The van der Waals surface area contributed by atoms with Gasteiger partial charge in [-0.1, -0.05) is 31.9 Å². The third kappa shape index (κ3) is 3.36. The van der Waals surface area contributed by atoms with E-state index in [2.05, 4.69) is 25.7 Å². The van der Waals surface area contributed by atoms with E-state index in [4.69, 9.17) is 0 Å². The number of aromatic amines is 1. The fourth-order valence-corrected chi connectivity index (χ4v) is 4.77. The van der Waals surface area contributed by atoms with Crippen molar-refractivity contribution in [1.29, 1.82) is 0 Å². The highest BCUT2D eigenvalue weighted by molar-refractivity contribution is 6.10. The lowest BCUT2D eigenvalue weighted by Crippen LogP contribution is -2.54. The Morgan fingerprint density at radius 1 is 1.24 bits per heavy atom. The Balaban J connectivity index is 1.38. The van der Waals surface area contributed by atoms with E-state index in [0.29, 0.717) is 28.8 Å². The molecule has 3 N–H and O–H groups in total. The average Bonchev–Trinajstić information content (AvgIpc) is 3.33. The average molecular weight is 449 g/mol. The number of carbonyl (C=O) groups excluding carboxylic acids is 3. The molecule has 3 heterocycles. The van der Waals surface area contributed by atoms with E-state index in [0.717, 1.165) is 24.2 Å². The fourth-order valence-electron chi connectivity index (χ4n) is 4.77. The molecule has 1 spiro atoms. The van der Waals surface area contributed by atoms with Crippen LogP contribution in [0, 0.1) is 5.92 Å². The van der Waals surface area contributed by atoms with Gasteiger partial charge in [-0.05, 0) is 30.9 Å². The molecule has 1 aliphatic carbocycles. The van der Waals surface area contributed by atoms with Gasteiger partial charge in [0.25, 0.3) is 11.5 Å². The van der Waals surface area contributed by atoms with Crippen molar-refractivity contribution in [1.82, 2.24) is 30.0 Å². The Morgan fingerprint density at radius 3 is 2.88 bits per heavy atom. The van der Waals surface area contributed by atoms with Crippen LogP contribution in [0.2, 0.25) is 0 Å². The van der Waals surface area contributed by atoms with E-state index in [-0.39, 0.29) is 17.4 Å². The van der Waals surface area contributed by atoms with Gasteiger partial charge < -0.3 is 15.6 Å². The molecule has 1 aliphatic heterocycles. The molecule has 5 rings (SSSR count). The second-order valence-electron chi connectivity index (χ2n) is 8.53. The Kier molecular flexibility index (Phi) is 4.95. The predicted octanol–water partition coefficient (Wildman–Crippen LogP) is 1.55. The number of nitrogens with zero attached hydrogens (tertiary/aromatic N) is 4. The minimum atomic E-state index is -0.916. The molecule has 2 atom stereocenters. The molecule has 1 saturated carbocycles. The number of rotatable bonds is 4. The first-order valence-electron chi connectivity index (χ1n) is 10.9. The first-order chi connectivity index (χ1) is 15.9. The van der Waals surface area contributed by atoms with Gasteiger partial charge in [-0.2, -0.15) is 5.10 Å². The summed E-state index contributed by atoms with van der Waals surface area (Å²) in [6.45, 7) is 1.57. The Bertz CT molecular complexity index is 1330. The molecule has 4 amide bonds. The maximum Gasteiger partial charge on any atom is 0.325 e. The predicted molar refractivity (Wildman–Crippen MR) is 119 cm³/mol. The van der Waals surface area contributed by atoms with Crippen molar-refractivity contribution in [3.63, 3.8) is 0 Å². The number of fused-ring (bicyclic) bond motifs is 1. The lowest BCUT2D eigenvalue weighted by atomic mass is 9.73. The van der Waals surface area contributed by atoms with Crippen molar-refractivity contribution in [3.8, 4) is 5.69 Å². The molecule has 3 aromatic rings. The van der Waals surface area contributed by atoms with Gasteiger partial charge in [-0.15, -0.1) is 0 Å². The number of imide groups is 1. The lowest BCUT2D eigenvalue weighted by molar-refractivity contribution is -0.136. The summed E-state index contributed by atoms with van der Waals surface area (Å²) in [5, 5.41) is 10.2. The van der Waals surface area contributed by atoms with Gasteiger partial charge >= 0.3 is 6.03 Å². The zero-order valence-electron chi connectivity index (χ0n) is 18.0. The molecule has 11 heteroatoms. The van der Waals surface area contributed by atoms with Crippen LogP contribution in [-0.2, 0) is 9.59 Å². The van der Waals surface area contributed by atoms with Gasteiger partial charge in [0, 0.05) is 0 Å². The van der Waals surface area contributed by atoms with Crippen LogP contribution in [0.25, 0.3) is 16.7 Å². The number of para-hydroxylation sites is 2.